The molecule has 0 bridgehead atoms. The number of carbonyl (C=O) groups excluding carboxylic acids is 1. The fourth-order valence-corrected chi connectivity index (χ4v) is 2.72. The maximum absolute atomic E-state index is 11.3. The van der Waals surface area contributed by atoms with Gasteiger partial charge in [-0.2, -0.15) is 0 Å². The smallest absolute Gasteiger partial charge is 0.234 e. The largest absolute Gasteiger partial charge is 0.330 e. The van der Waals surface area contributed by atoms with E-state index < -0.39 is 0 Å². The van der Waals surface area contributed by atoms with E-state index in [1.54, 1.807) is 11.8 Å². The summed E-state index contributed by atoms with van der Waals surface area (Å²) in [6.07, 6.45) is 4.50. The minimum atomic E-state index is 0.0998. The summed E-state index contributed by atoms with van der Waals surface area (Å²) >= 11 is 1.61. The van der Waals surface area contributed by atoms with Gasteiger partial charge in [0.05, 0.1) is 11.4 Å². The maximum atomic E-state index is 11.3. The standard InChI is InChI=1S/C13H18N2OS/c14-7-3-1-2-4-10-5-6-12-11(8-10)15-13(16)9-17-12/h5-6,8H,1-4,7,9,14H2,(H,15,16). The maximum Gasteiger partial charge on any atom is 0.234 e. The number of nitrogens with one attached hydrogen (secondary N) is 1. The number of anilines is 1. The van der Waals surface area contributed by atoms with Gasteiger partial charge in [0, 0.05) is 4.90 Å². The highest BCUT2D eigenvalue weighted by molar-refractivity contribution is 8.00. The van der Waals surface area contributed by atoms with Crippen LogP contribution in [0.5, 0.6) is 0 Å². The van der Waals surface area contributed by atoms with Gasteiger partial charge in [-0.3, -0.25) is 4.79 Å². The Hall–Kier alpha value is -1.000. The van der Waals surface area contributed by atoms with Crippen molar-refractivity contribution in [2.45, 2.75) is 30.6 Å². The van der Waals surface area contributed by atoms with E-state index >= 15 is 0 Å². The molecule has 92 valence electrons. The van der Waals surface area contributed by atoms with Gasteiger partial charge in [0.25, 0.3) is 0 Å². The molecule has 1 aromatic rings. The molecule has 0 saturated carbocycles. The van der Waals surface area contributed by atoms with Crippen molar-refractivity contribution in [3.8, 4) is 0 Å². The van der Waals surface area contributed by atoms with Crippen LogP contribution in [0.4, 0.5) is 5.69 Å². The molecule has 3 nitrogen and oxygen atoms in total. The zero-order chi connectivity index (χ0) is 12.1. The number of hydrogen-bond acceptors (Lipinski definition) is 3. The van der Waals surface area contributed by atoms with Crippen molar-refractivity contribution in [1.29, 1.82) is 0 Å². The van der Waals surface area contributed by atoms with Crippen LogP contribution in [-0.4, -0.2) is 18.2 Å². The fourth-order valence-electron chi connectivity index (χ4n) is 1.94. The first-order chi connectivity index (χ1) is 8.29. The number of thioether (sulfide) groups is 1. The monoisotopic (exact) mass is 250 g/mol. The van der Waals surface area contributed by atoms with E-state index in [1.807, 2.05) is 0 Å². The van der Waals surface area contributed by atoms with E-state index in [0.29, 0.717) is 5.75 Å². The zero-order valence-electron chi connectivity index (χ0n) is 9.87. The summed E-state index contributed by atoms with van der Waals surface area (Å²) in [6, 6.07) is 6.37. The third-order valence-corrected chi connectivity index (χ3v) is 3.92. The lowest BCUT2D eigenvalue weighted by molar-refractivity contribution is -0.113. The summed E-state index contributed by atoms with van der Waals surface area (Å²) in [5.74, 6) is 0.630. The van der Waals surface area contributed by atoms with Crippen molar-refractivity contribution < 1.29 is 4.79 Å². The lowest BCUT2D eigenvalue weighted by Crippen LogP contribution is -2.18. The van der Waals surface area contributed by atoms with Gasteiger partial charge in [-0.1, -0.05) is 12.5 Å². The van der Waals surface area contributed by atoms with Gasteiger partial charge in [-0.05, 0) is 43.5 Å². The molecule has 1 heterocycles. The second kappa shape index (κ2) is 6.07. The van der Waals surface area contributed by atoms with Crippen molar-refractivity contribution in [1.82, 2.24) is 0 Å². The lowest BCUT2D eigenvalue weighted by atomic mass is 10.1. The molecule has 2 rings (SSSR count). The topological polar surface area (TPSA) is 55.1 Å². The molecule has 0 saturated heterocycles. The van der Waals surface area contributed by atoms with E-state index in [0.717, 1.165) is 31.5 Å². The highest BCUT2D eigenvalue weighted by atomic mass is 32.2. The molecular weight excluding hydrogens is 232 g/mol. The molecule has 0 aromatic heterocycles. The number of hydrogen-bond donors (Lipinski definition) is 2. The average molecular weight is 250 g/mol. The summed E-state index contributed by atoms with van der Waals surface area (Å²) in [5, 5.41) is 2.92. The molecule has 1 aromatic carbocycles. The predicted octanol–water partition coefficient (Wildman–Crippen LogP) is 2.40. The van der Waals surface area contributed by atoms with E-state index in [4.69, 9.17) is 5.73 Å². The summed E-state index contributed by atoms with van der Waals surface area (Å²) in [7, 11) is 0. The summed E-state index contributed by atoms with van der Waals surface area (Å²) < 4.78 is 0. The molecule has 0 atom stereocenters. The Bertz CT molecular complexity index is 406. The number of aryl methyl sites for hydroxylation is 1. The minimum absolute atomic E-state index is 0.0998. The third kappa shape index (κ3) is 3.48. The molecule has 4 heteroatoms. The number of rotatable bonds is 5. The van der Waals surface area contributed by atoms with Gasteiger partial charge in [-0.25, -0.2) is 0 Å². The quantitative estimate of drug-likeness (QED) is 0.789. The molecule has 17 heavy (non-hydrogen) atoms. The normalized spacial score (nSPS) is 14.3. The Morgan fingerprint density at radius 3 is 3.00 bits per heavy atom. The fraction of sp³-hybridized carbons (Fsp3) is 0.462. The van der Waals surface area contributed by atoms with Crippen LogP contribution in [0.1, 0.15) is 24.8 Å². The molecule has 0 fully saturated rings. The Morgan fingerprint density at radius 2 is 2.18 bits per heavy atom. The molecule has 0 unspecified atom stereocenters. The Balaban J connectivity index is 1.95. The van der Waals surface area contributed by atoms with Crippen molar-refractivity contribution in [2.24, 2.45) is 5.73 Å². The number of nitrogens with two attached hydrogens (primary N) is 1. The Morgan fingerprint density at radius 1 is 1.29 bits per heavy atom. The second-order valence-electron chi connectivity index (χ2n) is 4.27. The first-order valence-electron chi connectivity index (χ1n) is 6.05. The molecule has 1 amide bonds. The summed E-state index contributed by atoms with van der Waals surface area (Å²) in [4.78, 5) is 12.5. The first kappa shape index (κ1) is 12.5. The summed E-state index contributed by atoms with van der Waals surface area (Å²) in [6.45, 7) is 0.775. The van der Waals surface area contributed by atoms with Gasteiger partial charge in [-0.15, -0.1) is 11.8 Å². The van der Waals surface area contributed by atoms with Crippen LogP contribution in [0, 0.1) is 0 Å². The number of carbonyl (C=O) groups is 1. The molecule has 0 radical (unpaired) electrons. The number of amides is 1. The Labute approximate surface area is 106 Å². The van der Waals surface area contributed by atoms with Gasteiger partial charge < -0.3 is 11.1 Å². The van der Waals surface area contributed by atoms with Crippen molar-refractivity contribution in [2.75, 3.05) is 17.6 Å². The van der Waals surface area contributed by atoms with Crippen LogP contribution >= 0.6 is 11.8 Å². The van der Waals surface area contributed by atoms with Gasteiger partial charge in [0.2, 0.25) is 5.91 Å². The Kier molecular flexibility index (Phi) is 4.45. The zero-order valence-corrected chi connectivity index (χ0v) is 10.7. The van der Waals surface area contributed by atoms with E-state index in [2.05, 4.69) is 23.5 Å². The predicted molar refractivity (Wildman–Crippen MR) is 72.4 cm³/mol. The van der Waals surface area contributed by atoms with Crippen LogP contribution in [0.15, 0.2) is 23.1 Å². The minimum Gasteiger partial charge on any atom is -0.330 e. The molecule has 1 aliphatic heterocycles. The van der Waals surface area contributed by atoms with E-state index in [1.165, 1.54) is 16.9 Å². The van der Waals surface area contributed by atoms with Crippen molar-refractivity contribution in [3.63, 3.8) is 0 Å². The number of benzene rings is 1. The number of unbranched alkanes of at least 4 members (excludes halogenated alkanes) is 2. The van der Waals surface area contributed by atoms with Crippen molar-refractivity contribution in [3.05, 3.63) is 23.8 Å². The van der Waals surface area contributed by atoms with Crippen LogP contribution in [-0.2, 0) is 11.2 Å². The second-order valence-corrected chi connectivity index (χ2v) is 5.28. The van der Waals surface area contributed by atoms with Crippen LogP contribution in [0.3, 0.4) is 0 Å². The van der Waals surface area contributed by atoms with Crippen LogP contribution in [0.2, 0.25) is 0 Å². The van der Waals surface area contributed by atoms with Gasteiger partial charge in [0.15, 0.2) is 0 Å². The highest BCUT2D eigenvalue weighted by Gasteiger charge is 2.14. The van der Waals surface area contributed by atoms with E-state index in [-0.39, 0.29) is 5.91 Å². The summed E-state index contributed by atoms with van der Waals surface area (Å²) in [5.41, 5.74) is 7.73. The van der Waals surface area contributed by atoms with Crippen molar-refractivity contribution >= 4 is 23.4 Å². The highest BCUT2D eigenvalue weighted by Crippen LogP contribution is 2.32. The third-order valence-electron chi connectivity index (χ3n) is 2.85. The van der Waals surface area contributed by atoms with Crippen LogP contribution < -0.4 is 11.1 Å². The van der Waals surface area contributed by atoms with Gasteiger partial charge in [0.1, 0.15) is 0 Å². The lowest BCUT2D eigenvalue weighted by Gasteiger charge is -2.17. The molecular formula is C13H18N2OS. The van der Waals surface area contributed by atoms with Crippen LogP contribution in [0.25, 0.3) is 0 Å². The molecule has 0 aliphatic carbocycles. The first-order valence-corrected chi connectivity index (χ1v) is 7.04. The number of fused-ring (bicyclic) bond motifs is 1. The average Bonchev–Trinajstić information content (AvgIpc) is 2.34. The molecule has 0 spiro atoms. The molecule has 1 aliphatic rings. The SMILES string of the molecule is NCCCCCc1ccc2c(c1)NC(=O)CS2. The van der Waals surface area contributed by atoms with Gasteiger partial charge >= 0.3 is 0 Å². The molecule has 3 N–H and O–H groups in total. The van der Waals surface area contributed by atoms with E-state index in [9.17, 15) is 4.79 Å².